The summed E-state index contributed by atoms with van der Waals surface area (Å²) in [6.07, 6.45) is 2.09. The summed E-state index contributed by atoms with van der Waals surface area (Å²) >= 11 is 0. The van der Waals surface area contributed by atoms with Crippen LogP contribution in [0.15, 0.2) is 24.3 Å². The normalized spacial score (nSPS) is 13.9. The van der Waals surface area contributed by atoms with Crippen LogP contribution in [0.1, 0.15) is 33.6 Å². The van der Waals surface area contributed by atoms with Gasteiger partial charge in [-0.1, -0.05) is 6.07 Å². The van der Waals surface area contributed by atoms with Crippen LogP contribution >= 0.6 is 0 Å². The lowest BCUT2D eigenvalue weighted by atomic mass is 10.1. The van der Waals surface area contributed by atoms with Crippen LogP contribution in [0.3, 0.4) is 0 Å². The van der Waals surface area contributed by atoms with E-state index in [1.807, 2.05) is 0 Å². The molecule has 2 rings (SSSR count). The molecule has 5 heteroatoms. The molecule has 0 bridgehead atoms. The molecule has 1 aromatic rings. The first kappa shape index (κ1) is 13.5. The standard InChI is InChI=1S/C14H18N2O3/c1-19-8-7-15-13(17)10-3-2-4-11(9-10)14(18)16-12-5-6-12/h2-4,9,12H,5-8H2,1H3,(H,15,17)(H,16,18). The third-order valence-electron chi connectivity index (χ3n) is 2.89. The number of hydrogen-bond acceptors (Lipinski definition) is 3. The molecule has 1 aliphatic rings. The van der Waals surface area contributed by atoms with Crippen molar-refractivity contribution >= 4 is 11.8 Å². The molecule has 1 saturated carbocycles. The van der Waals surface area contributed by atoms with E-state index in [0.717, 1.165) is 12.8 Å². The third-order valence-corrected chi connectivity index (χ3v) is 2.89. The van der Waals surface area contributed by atoms with Gasteiger partial charge in [-0.05, 0) is 31.0 Å². The zero-order chi connectivity index (χ0) is 13.7. The van der Waals surface area contributed by atoms with E-state index in [0.29, 0.717) is 30.3 Å². The lowest BCUT2D eigenvalue weighted by Gasteiger charge is -2.07. The van der Waals surface area contributed by atoms with Crippen LogP contribution in [0.25, 0.3) is 0 Å². The maximum atomic E-state index is 11.9. The van der Waals surface area contributed by atoms with Crippen LogP contribution in [0, 0.1) is 0 Å². The fraction of sp³-hybridized carbons (Fsp3) is 0.429. The van der Waals surface area contributed by atoms with Crippen molar-refractivity contribution in [3.63, 3.8) is 0 Å². The average Bonchev–Trinajstić information content (AvgIpc) is 3.23. The first-order chi connectivity index (χ1) is 9.20. The number of ether oxygens (including phenoxy) is 1. The molecular weight excluding hydrogens is 244 g/mol. The van der Waals surface area contributed by atoms with Crippen molar-refractivity contribution in [2.24, 2.45) is 0 Å². The summed E-state index contributed by atoms with van der Waals surface area (Å²) in [5, 5.41) is 5.62. The van der Waals surface area contributed by atoms with Gasteiger partial charge < -0.3 is 15.4 Å². The number of carbonyl (C=O) groups excluding carboxylic acids is 2. The van der Waals surface area contributed by atoms with Crippen molar-refractivity contribution in [3.8, 4) is 0 Å². The molecule has 2 amide bonds. The summed E-state index contributed by atoms with van der Waals surface area (Å²) in [6, 6.07) is 7.04. The number of methoxy groups -OCH3 is 1. The molecule has 1 aromatic carbocycles. The molecular formula is C14H18N2O3. The Morgan fingerprint density at radius 2 is 1.95 bits per heavy atom. The van der Waals surface area contributed by atoms with Crippen LogP contribution in [-0.2, 0) is 4.74 Å². The van der Waals surface area contributed by atoms with E-state index in [1.54, 1.807) is 31.4 Å². The van der Waals surface area contributed by atoms with Crippen LogP contribution in [0.5, 0.6) is 0 Å². The molecule has 0 atom stereocenters. The van der Waals surface area contributed by atoms with E-state index >= 15 is 0 Å². The quantitative estimate of drug-likeness (QED) is 0.750. The molecule has 0 unspecified atom stereocenters. The van der Waals surface area contributed by atoms with Gasteiger partial charge in [0.2, 0.25) is 0 Å². The number of hydrogen-bond donors (Lipinski definition) is 2. The molecule has 1 aliphatic carbocycles. The summed E-state index contributed by atoms with van der Waals surface area (Å²) in [4.78, 5) is 23.7. The average molecular weight is 262 g/mol. The Bertz CT molecular complexity index is 470. The van der Waals surface area contributed by atoms with Gasteiger partial charge in [-0.25, -0.2) is 0 Å². The van der Waals surface area contributed by atoms with Gasteiger partial charge in [-0.15, -0.1) is 0 Å². The summed E-state index contributed by atoms with van der Waals surface area (Å²) < 4.78 is 4.86. The van der Waals surface area contributed by atoms with Gasteiger partial charge in [0, 0.05) is 30.8 Å². The first-order valence-electron chi connectivity index (χ1n) is 6.39. The second-order valence-electron chi connectivity index (χ2n) is 4.58. The Morgan fingerprint density at radius 3 is 2.58 bits per heavy atom. The summed E-state index contributed by atoms with van der Waals surface area (Å²) in [7, 11) is 1.58. The highest BCUT2D eigenvalue weighted by atomic mass is 16.5. The number of carbonyl (C=O) groups is 2. The summed E-state index contributed by atoms with van der Waals surface area (Å²) in [5.41, 5.74) is 1.01. The second-order valence-corrected chi connectivity index (χ2v) is 4.58. The van der Waals surface area contributed by atoms with Crippen molar-refractivity contribution < 1.29 is 14.3 Å². The first-order valence-corrected chi connectivity index (χ1v) is 6.39. The summed E-state index contributed by atoms with van der Waals surface area (Å²) in [5.74, 6) is -0.313. The highest BCUT2D eigenvalue weighted by molar-refractivity contribution is 5.99. The number of rotatable bonds is 6. The predicted octanol–water partition coefficient (Wildman–Crippen LogP) is 0.955. The molecule has 0 aromatic heterocycles. The minimum Gasteiger partial charge on any atom is -0.383 e. The molecule has 0 heterocycles. The zero-order valence-corrected chi connectivity index (χ0v) is 10.9. The monoisotopic (exact) mass is 262 g/mol. The van der Waals surface area contributed by atoms with Crippen LogP contribution in [0.2, 0.25) is 0 Å². The molecule has 0 aliphatic heterocycles. The second kappa shape index (κ2) is 6.33. The largest absolute Gasteiger partial charge is 0.383 e. The Hall–Kier alpha value is -1.88. The van der Waals surface area contributed by atoms with Gasteiger partial charge in [0.05, 0.1) is 6.61 Å². The molecule has 0 radical (unpaired) electrons. The van der Waals surface area contributed by atoms with Crippen LogP contribution in [-0.4, -0.2) is 38.1 Å². The molecule has 102 valence electrons. The zero-order valence-electron chi connectivity index (χ0n) is 10.9. The Kier molecular flexibility index (Phi) is 4.52. The molecule has 19 heavy (non-hydrogen) atoms. The number of amides is 2. The van der Waals surface area contributed by atoms with Gasteiger partial charge in [0.15, 0.2) is 0 Å². The molecule has 5 nitrogen and oxygen atoms in total. The van der Waals surface area contributed by atoms with Gasteiger partial charge in [-0.2, -0.15) is 0 Å². The minimum absolute atomic E-state index is 0.117. The van der Waals surface area contributed by atoms with E-state index in [9.17, 15) is 9.59 Å². The highest BCUT2D eigenvalue weighted by Gasteiger charge is 2.23. The van der Waals surface area contributed by atoms with E-state index in [2.05, 4.69) is 10.6 Å². The lowest BCUT2D eigenvalue weighted by Crippen LogP contribution is -2.28. The van der Waals surface area contributed by atoms with Crippen molar-refractivity contribution in [3.05, 3.63) is 35.4 Å². The molecule has 0 saturated heterocycles. The maximum Gasteiger partial charge on any atom is 0.251 e. The highest BCUT2D eigenvalue weighted by Crippen LogP contribution is 2.19. The van der Waals surface area contributed by atoms with E-state index < -0.39 is 0 Å². The van der Waals surface area contributed by atoms with Crippen molar-refractivity contribution in [1.82, 2.24) is 10.6 Å². The van der Waals surface area contributed by atoms with Crippen molar-refractivity contribution in [2.75, 3.05) is 20.3 Å². The van der Waals surface area contributed by atoms with Crippen LogP contribution in [0.4, 0.5) is 0 Å². The fourth-order valence-electron chi connectivity index (χ4n) is 1.67. The van der Waals surface area contributed by atoms with E-state index in [-0.39, 0.29) is 11.8 Å². The Morgan fingerprint density at radius 1 is 1.26 bits per heavy atom. The third kappa shape index (κ3) is 4.06. The maximum absolute atomic E-state index is 11.9. The fourth-order valence-corrected chi connectivity index (χ4v) is 1.67. The summed E-state index contributed by atoms with van der Waals surface area (Å²) in [6.45, 7) is 0.918. The smallest absolute Gasteiger partial charge is 0.251 e. The van der Waals surface area contributed by atoms with E-state index in [1.165, 1.54) is 0 Å². The molecule has 1 fully saturated rings. The SMILES string of the molecule is COCCNC(=O)c1cccc(C(=O)NC2CC2)c1. The van der Waals surface area contributed by atoms with Crippen molar-refractivity contribution in [2.45, 2.75) is 18.9 Å². The molecule has 2 N–H and O–H groups in total. The van der Waals surface area contributed by atoms with Gasteiger partial charge in [0.25, 0.3) is 11.8 Å². The van der Waals surface area contributed by atoms with E-state index in [4.69, 9.17) is 4.74 Å². The lowest BCUT2D eigenvalue weighted by molar-refractivity contribution is 0.0937. The topological polar surface area (TPSA) is 67.4 Å². The Balaban J connectivity index is 1.97. The Labute approximate surface area is 112 Å². The predicted molar refractivity (Wildman–Crippen MR) is 71.1 cm³/mol. The van der Waals surface area contributed by atoms with Gasteiger partial charge in [-0.3, -0.25) is 9.59 Å². The van der Waals surface area contributed by atoms with Gasteiger partial charge in [0.1, 0.15) is 0 Å². The number of nitrogens with one attached hydrogen (secondary N) is 2. The minimum atomic E-state index is -0.196. The molecule has 0 spiro atoms. The van der Waals surface area contributed by atoms with Crippen molar-refractivity contribution in [1.29, 1.82) is 0 Å². The van der Waals surface area contributed by atoms with Gasteiger partial charge >= 0.3 is 0 Å². The number of benzene rings is 1. The van der Waals surface area contributed by atoms with Crippen LogP contribution < -0.4 is 10.6 Å².